The number of methoxy groups -OCH3 is 2. The van der Waals surface area contributed by atoms with Gasteiger partial charge in [-0.25, -0.2) is 0 Å². The van der Waals surface area contributed by atoms with Crippen molar-refractivity contribution in [1.29, 1.82) is 0 Å². The van der Waals surface area contributed by atoms with E-state index in [-0.39, 0.29) is 0 Å². The quantitative estimate of drug-likeness (QED) is 0.745. The molecule has 0 aliphatic heterocycles. The molecule has 0 heterocycles. The summed E-state index contributed by atoms with van der Waals surface area (Å²) in [7, 11) is 5.14. The van der Waals surface area contributed by atoms with E-state index in [9.17, 15) is 0 Å². The predicted molar refractivity (Wildman–Crippen MR) is 104 cm³/mol. The molecule has 24 heavy (non-hydrogen) atoms. The van der Waals surface area contributed by atoms with Crippen LogP contribution in [0.15, 0.2) is 36.4 Å². The Morgan fingerprint density at radius 1 is 1.08 bits per heavy atom. The van der Waals surface area contributed by atoms with Crippen LogP contribution in [0.1, 0.15) is 5.56 Å². The normalized spacial score (nSPS) is 10.2. The van der Waals surface area contributed by atoms with Crippen molar-refractivity contribution >= 4 is 46.2 Å². The molecule has 0 unspecified atom stereocenters. The Morgan fingerprint density at radius 2 is 1.75 bits per heavy atom. The summed E-state index contributed by atoms with van der Waals surface area (Å²) in [5, 5.41) is 4.77. The van der Waals surface area contributed by atoms with Crippen molar-refractivity contribution in [2.75, 3.05) is 26.6 Å². The molecule has 0 aliphatic rings. The molecule has 2 aromatic rings. The summed E-state index contributed by atoms with van der Waals surface area (Å²) >= 11 is 17.4. The van der Waals surface area contributed by atoms with Crippen LogP contribution in [0.25, 0.3) is 0 Å². The SMILES string of the molecule is COc1ccc(CN(C)C(=S)Nc2cc(Cl)cc(Cl)c2)c(OC)c1. The summed E-state index contributed by atoms with van der Waals surface area (Å²) in [4.78, 5) is 1.90. The van der Waals surface area contributed by atoms with Gasteiger partial charge in [0.05, 0.1) is 14.2 Å². The van der Waals surface area contributed by atoms with Gasteiger partial charge < -0.3 is 19.7 Å². The molecule has 0 radical (unpaired) electrons. The van der Waals surface area contributed by atoms with Crippen LogP contribution in [0, 0.1) is 0 Å². The highest BCUT2D eigenvalue weighted by Gasteiger charge is 2.11. The van der Waals surface area contributed by atoms with E-state index >= 15 is 0 Å². The zero-order valence-electron chi connectivity index (χ0n) is 13.6. The first-order chi connectivity index (χ1) is 11.4. The van der Waals surface area contributed by atoms with E-state index in [1.54, 1.807) is 32.4 Å². The molecule has 0 spiro atoms. The number of ether oxygens (including phenoxy) is 2. The van der Waals surface area contributed by atoms with Gasteiger partial charge in [-0.2, -0.15) is 0 Å². The third-order valence-corrected chi connectivity index (χ3v) is 4.21. The van der Waals surface area contributed by atoms with Gasteiger partial charge in [0.25, 0.3) is 0 Å². The number of nitrogens with zero attached hydrogens (tertiary/aromatic N) is 1. The Kier molecular flexibility index (Phi) is 6.54. The number of benzene rings is 2. The largest absolute Gasteiger partial charge is 0.497 e. The lowest BCUT2D eigenvalue weighted by atomic mass is 10.2. The summed E-state index contributed by atoms with van der Waals surface area (Å²) in [5.41, 5.74) is 1.74. The Labute approximate surface area is 157 Å². The molecular formula is C17H18Cl2N2O2S. The smallest absolute Gasteiger partial charge is 0.173 e. The first-order valence-corrected chi connectivity index (χ1v) is 8.28. The second kappa shape index (κ2) is 8.42. The van der Waals surface area contributed by atoms with Gasteiger partial charge in [-0.3, -0.25) is 0 Å². The summed E-state index contributed by atoms with van der Waals surface area (Å²) in [6.07, 6.45) is 0. The average Bonchev–Trinajstić information content (AvgIpc) is 2.54. The second-order valence-electron chi connectivity index (χ2n) is 5.12. The molecular weight excluding hydrogens is 367 g/mol. The molecule has 0 aliphatic carbocycles. The second-order valence-corrected chi connectivity index (χ2v) is 6.38. The Hall–Kier alpha value is -1.69. The van der Waals surface area contributed by atoms with Crippen LogP contribution in [0.4, 0.5) is 5.69 Å². The average molecular weight is 385 g/mol. The lowest BCUT2D eigenvalue weighted by Crippen LogP contribution is -2.30. The number of halogens is 2. The standard InChI is InChI=1S/C17H18Cl2N2O2S/c1-21(10-11-4-5-15(22-2)9-16(11)23-3)17(24)20-14-7-12(18)6-13(19)8-14/h4-9H,10H2,1-3H3,(H,20,24). The van der Waals surface area contributed by atoms with Gasteiger partial charge in [-0.15, -0.1) is 0 Å². The third kappa shape index (κ3) is 4.90. The molecule has 4 nitrogen and oxygen atoms in total. The number of rotatable bonds is 5. The molecule has 0 aromatic heterocycles. The van der Waals surface area contributed by atoms with Crippen molar-refractivity contribution in [3.05, 3.63) is 52.0 Å². The van der Waals surface area contributed by atoms with Crippen LogP contribution in [0.2, 0.25) is 10.0 Å². The van der Waals surface area contributed by atoms with Gasteiger partial charge in [0.15, 0.2) is 5.11 Å². The van der Waals surface area contributed by atoms with Gasteiger partial charge in [0.2, 0.25) is 0 Å². The molecule has 0 fully saturated rings. The van der Waals surface area contributed by atoms with E-state index in [1.165, 1.54) is 0 Å². The molecule has 0 saturated carbocycles. The van der Waals surface area contributed by atoms with Crippen LogP contribution < -0.4 is 14.8 Å². The number of thiocarbonyl (C=S) groups is 1. The molecule has 128 valence electrons. The van der Waals surface area contributed by atoms with Gasteiger partial charge in [-0.05, 0) is 42.5 Å². The molecule has 0 bridgehead atoms. The summed E-state index contributed by atoms with van der Waals surface area (Å²) in [5.74, 6) is 1.49. The summed E-state index contributed by atoms with van der Waals surface area (Å²) in [6, 6.07) is 10.9. The molecule has 0 saturated heterocycles. The number of anilines is 1. The molecule has 2 rings (SSSR count). The van der Waals surface area contributed by atoms with Crippen molar-refractivity contribution in [3.63, 3.8) is 0 Å². The fourth-order valence-electron chi connectivity index (χ4n) is 2.15. The fourth-order valence-corrected chi connectivity index (χ4v) is 2.86. The highest BCUT2D eigenvalue weighted by Crippen LogP contribution is 2.26. The van der Waals surface area contributed by atoms with Crippen LogP contribution in [0.5, 0.6) is 11.5 Å². The van der Waals surface area contributed by atoms with E-state index in [0.29, 0.717) is 21.7 Å². The zero-order chi connectivity index (χ0) is 17.7. The zero-order valence-corrected chi connectivity index (χ0v) is 15.9. The Morgan fingerprint density at radius 3 is 2.33 bits per heavy atom. The van der Waals surface area contributed by atoms with Gasteiger partial charge >= 0.3 is 0 Å². The predicted octanol–water partition coefficient (Wildman–Crippen LogP) is 4.84. The van der Waals surface area contributed by atoms with Crippen LogP contribution in [0.3, 0.4) is 0 Å². The highest BCUT2D eigenvalue weighted by atomic mass is 35.5. The van der Waals surface area contributed by atoms with Crippen LogP contribution >= 0.6 is 35.4 Å². The summed E-state index contributed by atoms with van der Waals surface area (Å²) in [6.45, 7) is 0.577. The van der Waals surface area contributed by atoms with Gasteiger partial charge in [0.1, 0.15) is 11.5 Å². The van der Waals surface area contributed by atoms with Crippen LogP contribution in [-0.2, 0) is 6.54 Å². The van der Waals surface area contributed by atoms with Crippen molar-refractivity contribution < 1.29 is 9.47 Å². The van der Waals surface area contributed by atoms with Crippen molar-refractivity contribution in [2.45, 2.75) is 6.54 Å². The maximum Gasteiger partial charge on any atom is 0.173 e. The van der Waals surface area contributed by atoms with E-state index in [2.05, 4.69) is 5.32 Å². The third-order valence-electron chi connectivity index (χ3n) is 3.36. The van der Waals surface area contributed by atoms with E-state index in [1.807, 2.05) is 30.1 Å². The van der Waals surface area contributed by atoms with Crippen LogP contribution in [-0.4, -0.2) is 31.3 Å². The molecule has 0 atom stereocenters. The molecule has 2 aromatic carbocycles. The molecule has 0 amide bonds. The van der Waals surface area contributed by atoms with Crippen molar-refractivity contribution in [1.82, 2.24) is 4.90 Å². The maximum absolute atomic E-state index is 6.00. The first kappa shape index (κ1) is 18.6. The highest BCUT2D eigenvalue weighted by molar-refractivity contribution is 7.80. The lowest BCUT2D eigenvalue weighted by Gasteiger charge is -2.22. The Balaban J connectivity index is 2.08. The molecule has 7 heteroatoms. The summed E-state index contributed by atoms with van der Waals surface area (Å²) < 4.78 is 10.6. The minimum atomic E-state index is 0.547. The first-order valence-electron chi connectivity index (χ1n) is 7.12. The topological polar surface area (TPSA) is 33.7 Å². The lowest BCUT2D eigenvalue weighted by molar-refractivity contribution is 0.384. The fraction of sp³-hybridized carbons (Fsp3) is 0.235. The minimum absolute atomic E-state index is 0.547. The number of nitrogens with one attached hydrogen (secondary N) is 1. The number of hydrogen-bond donors (Lipinski definition) is 1. The Bertz CT molecular complexity index is 720. The monoisotopic (exact) mass is 384 g/mol. The van der Waals surface area contributed by atoms with E-state index in [4.69, 9.17) is 44.9 Å². The number of hydrogen-bond acceptors (Lipinski definition) is 3. The van der Waals surface area contributed by atoms with Gasteiger partial charge in [-0.1, -0.05) is 23.2 Å². The maximum atomic E-state index is 6.00. The van der Waals surface area contributed by atoms with Crippen molar-refractivity contribution in [2.24, 2.45) is 0 Å². The van der Waals surface area contributed by atoms with Crippen molar-refractivity contribution in [3.8, 4) is 11.5 Å². The minimum Gasteiger partial charge on any atom is -0.497 e. The van der Waals surface area contributed by atoms with Gasteiger partial charge in [0, 0.05) is 41.0 Å². The van der Waals surface area contributed by atoms with E-state index in [0.717, 1.165) is 22.7 Å². The van der Waals surface area contributed by atoms with E-state index < -0.39 is 0 Å². The molecule has 1 N–H and O–H groups in total.